The zero-order valence-electron chi connectivity index (χ0n) is 31.7. The Morgan fingerprint density at radius 1 is 0.293 bits per heavy atom. The van der Waals surface area contributed by atoms with E-state index in [2.05, 4.69) is 188 Å². The molecule has 0 atom stereocenters. The maximum atomic E-state index is 6.65. The highest BCUT2D eigenvalue weighted by molar-refractivity contribution is 6.98. The second-order valence-electron chi connectivity index (χ2n) is 15.6. The number of para-hydroxylation sites is 2. The lowest BCUT2D eigenvalue weighted by molar-refractivity contribution is 0.465. The van der Waals surface area contributed by atoms with Gasteiger partial charge in [-0.15, -0.1) is 0 Å². The Hall–Kier alpha value is -7.36. The minimum atomic E-state index is 0.0597. The summed E-state index contributed by atoms with van der Waals surface area (Å²) < 4.78 is 13.3. The van der Waals surface area contributed by atoms with Gasteiger partial charge in [0, 0.05) is 5.46 Å². The normalized spacial score (nSPS) is 12.7. The highest BCUT2D eigenvalue weighted by atomic mass is 16.5. The van der Waals surface area contributed by atoms with Gasteiger partial charge >= 0.3 is 0 Å². The summed E-state index contributed by atoms with van der Waals surface area (Å²) in [6.45, 7) is 0.0597. The topological polar surface area (TPSA) is 18.5 Å². The molecule has 0 N–H and O–H groups in total. The first-order chi connectivity index (χ1) is 28.7. The molecule has 9 aromatic carbocycles. The highest BCUT2D eigenvalue weighted by Gasteiger charge is 2.40. The Labute approximate surface area is 338 Å². The Kier molecular flexibility index (Phi) is 7.43. The van der Waals surface area contributed by atoms with Crippen molar-refractivity contribution in [1.29, 1.82) is 0 Å². The summed E-state index contributed by atoms with van der Waals surface area (Å²) in [7, 11) is 0. The van der Waals surface area contributed by atoms with Crippen LogP contribution in [-0.4, -0.2) is 6.71 Å². The molecule has 2 aliphatic heterocycles. The third-order valence-electron chi connectivity index (χ3n) is 12.3. The molecule has 2 nitrogen and oxygen atoms in total. The quantitative estimate of drug-likeness (QED) is 0.164. The van der Waals surface area contributed by atoms with Gasteiger partial charge in [-0.1, -0.05) is 152 Å². The summed E-state index contributed by atoms with van der Waals surface area (Å²) >= 11 is 0. The van der Waals surface area contributed by atoms with E-state index in [9.17, 15) is 0 Å². The number of ether oxygens (including phenoxy) is 2. The van der Waals surface area contributed by atoms with E-state index in [0.29, 0.717) is 0 Å². The fourth-order valence-corrected chi connectivity index (χ4v) is 9.58. The van der Waals surface area contributed by atoms with E-state index >= 15 is 0 Å². The minimum Gasteiger partial charge on any atom is -0.458 e. The maximum Gasteiger partial charge on any atom is 0.260 e. The molecule has 0 saturated carbocycles. The molecule has 58 heavy (non-hydrogen) atoms. The summed E-state index contributed by atoms with van der Waals surface area (Å²) in [6.07, 6.45) is 0.863. The van der Waals surface area contributed by atoms with Gasteiger partial charge < -0.3 is 9.47 Å². The molecular weight excluding hydrogens is 703 g/mol. The molecule has 0 unspecified atom stereocenters. The Morgan fingerprint density at radius 3 is 1.29 bits per heavy atom. The zero-order chi connectivity index (χ0) is 38.2. The summed E-state index contributed by atoms with van der Waals surface area (Å²) in [5.41, 5.74) is 20.9. The van der Waals surface area contributed by atoms with Crippen molar-refractivity contribution < 1.29 is 9.47 Å². The summed E-state index contributed by atoms with van der Waals surface area (Å²) in [4.78, 5) is 0. The van der Waals surface area contributed by atoms with Crippen molar-refractivity contribution in [1.82, 2.24) is 0 Å². The molecule has 0 aromatic heterocycles. The number of hydrogen-bond donors (Lipinski definition) is 0. The molecule has 9 aromatic rings. The highest BCUT2D eigenvalue weighted by Crippen LogP contribution is 2.47. The first-order valence-electron chi connectivity index (χ1n) is 20.1. The van der Waals surface area contributed by atoms with Crippen LogP contribution in [0.25, 0.3) is 66.8 Å². The zero-order valence-corrected chi connectivity index (χ0v) is 31.7. The van der Waals surface area contributed by atoms with Crippen molar-refractivity contribution in [3.8, 4) is 89.8 Å². The average molecular weight is 739 g/mol. The SMILES string of the molecule is c1ccc(-c2cc(-c3ccccc3)cc(-c3cccc4c3Cc3c(-c5cccc(-c6cc7c8c(c6)Oc6ccccc6B8c6ccccc6O7)c5)cccc3-4)c2)cc1. The molecule has 0 bridgehead atoms. The lowest BCUT2D eigenvalue weighted by atomic mass is 9.35. The van der Waals surface area contributed by atoms with Gasteiger partial charge in [0.2, 0.25) is 0 Å². The van der Waals surface area contributed by atoms with Gasteiger partial charge in [-0.05, 0) is 144 Å². The molecule has 3 heteroatoms. The van der Waals surface area contributed by atoms with Crippen LogP contribution in [0.4, 0.5) is 0 Å². The van der Waals surface area contributed by atoms with Gasteiger partial charge in [0.1, 0.15) is 23.0 Å². The number of rotatable bonds is 5. The number of fused-ring (bicyclic) bond motifs is 7. The van der Waals surface area contributed by atoms with Gasteiger partial charge in [-0.2, -0.15) is 0 Å². The van der Waals surface area contributed by atoms with Crippen LogP contribution in [0, 0.1) is 0 Å². The standard InChI is InChI=1S/C55H35BO2/c1-3-14-35(15-4-1)39-29-40(36-16-5-2-6-17-36)31-42(30-39)44-21-13-23-46-45-22-12-20-43(47(45)34-48(44)46)38-19-11-18-37(28-38)41-32-53-55-54(33-41)58-52-27-10-8-25-50(52)56(55)49-24-7-9-26-51(49)57-53/h1-33H,34H2. The Morgan fingerprint density at radius 2 is 0.707 bits per heavy atom. The molecule has 12 rings (SSSR count). The summed E-state index contributed by atoms with van der Waals surface area (Å²) in [6, 6.07) is 72.3. The third-order valence-corrected chi connectivity index (χ3v) is 12.3. The predicted molar refractivity (Wildman–Crippen MR) is 240 cm³/mol. The molecule has 1 aliphatic carbocycles. The fraction of sp³-hybridized carbons (Fsp3) is 0.0182. The van der Waals surface area contributed by atoms with Crippen molar-refractivity contribution in [3.05, 3.63) is 211 Å². The van der Waals surface area contributed by atoms with Crippen LogP contribution in [-0.2, 0) is 6.42 Å². The van der Waals surface area contributed by atoms with Gasteiger partial charge in [0.05, 0.1) is 0 Å². The van der Waals surface area contributed by atoms with E-state index in [1.807, 2.05) is 12.1 Å². The van der Waals surface area contributed by atoms with Crippen LogP contribution in [0.15, 0.2) is 200 Å². The van der Waals surface area contributed by atoms with Crippen molar-refractivity contribution in [2.24, 2.45) is 0 Å². The van der Waals surface area contributed by atoms with Crippen LogP contribution >= 0.6 is 0 Å². The molecule has 0 saturated heterocycles. The third kappa shape index (κ3) is 5.28. The Bertz CT molecular complexity index is 2970. The molecule has 270 valence electrons. The number of hydrogen-bond acceptors (Lipinski definition) is 2. The van der Waals surface area contributed by atoms with Gasteiger partial charge in [0.25, 0.3) is 6.71 Å². The molecule has 0 fully saturated rings. The summed E-state index contributed by atoms with van der Waals surface area (Å²) in [5.74, 6) is 3.50. The van der Waals surface area contributed by atoms with Crippen LogP contribution in [0.3, 0.4) is 0 Å². The van der Waals surface area contributed by atoms with Crippen LogP contribution in [0.5, 0.6) is 23.0 Å². The average Bonchev–Trinajstić information content (AvgIpc) is 3.68. The minimum absolute atomic E-state index is 0.0597. The van der Waals surface area contributed by atoms with E-state index in [0.717, 1.165) is 46.0 Å². The van der Waals surface area contributed by atoms with E-state index in [-0.39, 0.29) is 6.71 Å². The molecule has 0 spiro atoms. The molecule has 2 heterocycles. The van der Waals surface area contributed by atoms with Crippen molar-refractivity contribution in [2.45, 2.75) is 6.42 Å². The molecular formula is C55H35BO2. The number of benzene rings is 9. The largest absolute Gasteiger partial charge is 0.458 e. The van der Waals surface area contributed by atoms with Gasteiger partial charge in [-0.3, -0.25) is 0 Å². The lowest BCUT2D eigenvalue weighted by Crippen LogP contribution is -2.57. The first kappa shape index (κ1) is 32.8. The maximum absolute atomic E-state index is 6.65. The van der Waals surface area contributed by atoms with Crippen LogP contribution in [0.2, 0.25) is 0 Å². The molecule has 3 aliphatic rings. The van der Waals surface area contributed by atoms with Crippen LogP contribution in [0.1, 0.15) is 11.1 Å². The Balaban J connectivity index is 0.939. The smallest absolute Gasteiger partial charge is 0.260 e. The lowest BCUT2D eigenvalue weighted by Gasteiger charge is -2.33. The first-order valence-corrected chi connectivity index (χ1v) is 20.1. The fourth-order valence-electron chi connectivity index (χ4n) is 9.58. The van der Waals surface area contributed by atoms with Crippen molar-refractivity contribution in [2.75, 3.05) is 0 Å². The monoisotopic (exact) mass is 738 g/mol. The molecule has 0 radical (unpaired) electrons. The van der Waals surface area contributed by atoms with E-state index in [1.54, 1.807) is 0 Å². The van der Waals surface area contributed by atoms with Gasteiger partial charge in [-0.25, -0.2) is 0 Å². The van der Waals surface area contributed by atoms with E-state index in [4.69, 9.17) is 9.47 Å². The predicted octanol–water partition coefficient (Wildman–Crippen LogP) is 12.3. The van der Waals surface area contributed by atoms with E-state index in [1.165, 1.54) is 77.7 Å². The second-order valence-corrected chi connectivity index (χ2v) is 15.6. The van der Waals surface area contributed by atoms with Gasteiger partial charge in [0.15, 0.2) is 0 Å². The van der Waals surface area contributed by atoms with Crippen molar-refractivity contribution in [3.63, 3.8) is 0 Å². The van der Waals surface area contributed by atoms with Crippen LogP contribution < -0.4 is 25.9 Å². The second kappa shape index (κ2) is 13.1. The van der Waals surface area contributed by atoms with E-state index < -0.39 is 0 Å². The van der Waals surface area contributed by atoms with Crippen molar-refractivity contribution >= 4 is 23.1 Å². The molecule has 0 amide bonds. The summed E-state index contributed by atoms with van der Waals surface area (Å²) in [5, 5.41) is 0.